The summed E-state index contributed by atoms with van der Waals surface area (Å²) < 4.78 is 14.2. The lowest BCUT2D eigenvalue weighted by Gasteiger charge is -2.17. The molecule has 0 aliphatic carbocycles. The van der Waals surface area contributed by atoms with E-state index in [1.807, 2.05) is 19.9 Å². The summed E-state index contributed by atoms with van der Waals surface area (Å²) in [4.78, 5) is 28.9. The fraction of sp³-hybridized carbons (Fsp3) is 0.269. The summed E-state index contributed by atoms with van der Waals surface area (Å²) in [6.07, 6.45) is 2.27. The molecule has 2 atom stereocenters. The van der Waals surface area contributed by atoms with E-state index in [1.54, 1.807) is 49.6 Å². The number of fused-ring (bicyclic) bond motifs is 1. The summed E-state index contributed by atoms with van der Waals surface area (Å²) in [5.41, 5.74) is 5.09. The van der Waals surface area contributed by atoms with E-state index < -0.39 is 0 Å². The van der Waals surface area contributed by atoms with Gasteiger partial charge in [0.1, 0.15) is 11.5 Å². The van der Waals surface area contributed by atoms with E-state index in [1.165, 1.54) is 6.07 Å². The number of anilines is 1. The third-order valence-corrected chi connectivity index (χ3v) is 6.18. The van der Waals surface area contributed by atoms with Gasteiger partial charge in [-0.15, -0.1) is 0 Å². The summed E-state index contributed by atoms with van der Waals surface area (Å²) >= 11 is 0. The van der Waals surface area contributed by atoms with Crippen LogP contribution in [0, 0.1) is 12.7 Å². The number of hydrogen-bond donors (Lipinski definition) is 3. The van der Waals surface area contributed by atoms with Gasteiger partial charge in [-0.05, 0) is 72.9 Å². The highest BCUT2D eigenvalue weighted by Crippen LogP contribution is 2.41. The van der Waals surface area contributed by atoms with Gasteiger partial charge >= 0.3 is 0 Å². The number of halogens is 1. The molecule has 0 fully saturated rings. The fourth-order valence-corrected chi connectivity index (χ4v) is 4.44. The van der Waals surface area contributed by atoms with Crippen LogP contribution in [-0.2, 0) is 0 Å². The van der Waals surface area contributed by atoms with Crippen molar-refractivity contribution in [2.75, 3.05) is 18.9 Å². The van der Waals surface area contributed by atoms with Crippen molar-refractivity contribution in [1.82, 2.24) is 15.6 Å². The maximum absolute atomic E-state index is 14.2. The first-order valence-electron chi connectivity index (χ1n) is 11.0. The van der Waals surface area contributed by atoms with Crippen molar-refractivity contribution in [1.29, 1.82) is 0 Å². The van der Waals surface area contributed by atoms with Gasteiger partial charge in [0, 0.05) is 37.3 Å². The number of amides is 2. The van der Waals surface area contributed by atoms with Crippen LogP contribution < -0.4 is 16.0 Å². The van der Waals surface area contributed by atoms with Gasteiger partial charge in [-0.3, -0.25) is 14.6 Å². The topological polar surface area (TPSA) is 83.1 Å². The molecular formula is C26H27FN4O2. The quantitative estimate of drug-likeness (QED) is 0.528. The van der Waals surface area contributed by atoms with Crippen molar-refractivity contribution < 1.29 is 14.0 Å². The number of carbonyl (C=O) groups is 2. The lowest BCUT2D eigenvalue weighted by atomic mass is 9.89. The molecule has 0 bridgehead atoms. The minimum absolute atomic E-state index is 0.0848. The van der Waals surface area contributed by atoms with E-state index >= 15 is 0 Å². The number of pyridine rings is 1. The Labute approximate surface area is 192 Å². The lowest BCUT2D eigenvalue weighted by Crippen LogP contribution is -2.28. The molecular weight excluding hydrogens is 419 g/mol. The summed E-state index contributed by atoms with van der Waals surface area (Å²) in [7, 11) is 1.59. The number of nitrogens with zero attached hydrogens (tertiary/aromatic N) is 1. The number of nitrogens with one attached hydrogen (secondary N) is 3. The van der Waals surface area contributed by atoms with Gasteiger partial charge in [0.2, 0.25) is 0 Å². The molecule has 0 saturated carbocycles. The number of rotatable bonds is 6. The van der Waals surface area contributed by atoms with Crippen LogP contribution in [0.4, 0.5) is 10.1 Å². The first-order valence-corrected chi connectivity index (χ1v) is 11.0. The van der Waals surface area contributed by atoms with Gasteiger partial charge in [-0.1, -0.05) is 18.2 Å². The first-order chi connectivity index (χ1) is 15.9. The Morgan fingerprint density at radius 3 is 2.67 bits per heavy atom. The number of hydrogen-bond acceptors (Lipinski definition) is 4. The largest absolute Gasteiger partial charge is 0.379 e. The molecule has 6 nitrogen and oxygen atoms in total. The minimum Gasteiger partial charge on any atom is -0.379 e. The molecule has 170 valence electrons. The van der Waals surface area contributed by atoms with E-state index in [-0.39, 0.29) is 29.6 Å². The Morgan fingerprint density at radius 1 is 1.09 bits per heavy atom. The lowest BCUT2D eigenvalue weighted by molar-refractivity contribution is 0.0944. The van der Waals surface area contributed by atoms with Crippen molar-refractivity contribution in [3.63, 3.8) is 0 Å². The standard InChI is InChI=1S/C26H27FN4O2/c1-15-7-8-21(27)24-23(15)20(16(2)31-24)10-12-30-26(33)22-14-18(9-11-29-22)17-5-4-6-19(13-17)25(32)28-3/h4-9,11,13-14,16,20,31H,10,12H2,1-3H3,(H,28,32)(H,30,33). The third kappa shape index (κ3) is 4.58. The number of aryl methyl sites for hydroxylation is 1. The predicted octanol–water partition coefficient (Wildman–Crippen LogP) is 4.27. The van der Waals surface area contributed by atoms with Gasteiger partial charge in [0.15, 0.2) is 0 Å². The van der Waals surface area contributed by atoms with Crippen molar-refractivity contribution in [3.8, 4) is 11.1 Å². The Hall–Kier alpha value is -3.74. The molecule has 3 N–H and O–H groups in total. The smallest absolute Gasteiger partial charge is 0.269 e. The van der Waals surface area contributed by atoms with Crippen LogP contribution in [0.15, 0.2) is 54.7 Å². The first kappa shape index (κ1) is 22.5. The zero-order valence-corrected chi connectivity index (χ0v) is 18.9. The van der Waals surface area contributed by atoms with Gasteiger partial charge in [0.25, 0.3) is 11.8 Å². The molecule has 1 aromatic heterocycles. The molecule has 2 amide bonds. The minimum atomic E-state index is -0.269. The summed E-state index contributed by atoms with van der Waals surface area (Å²) in [6.45, 7) is 4.46. The van der Waals surface area contributed by atoms with Gasteiger partial charge < -0.3 is 16.0 Å². The second-order valence-electron chi connectivity index (χ2n) is 8.33. The summed E-state index contributed by atoms with van der Waals surface area (Å²) in [5, 5.41) is 8.79. The van der Waals surface area contributed by atoms with E-state index in [0.29, 0.717) is 29.9 Å². The van der Waals surface area contributed by atoms with E-state index in [2.05, 4.69) is 20.9 Å². The van der Waals surface area contributed by atoms with E-state index in [0.717, 1.165) is 22.3 Å². The van der Waals surface area contributed by atoms with Gasteiger partial charge in [0.05, 0.1) is 5.69 Å². The molecule has 2 heterocycles. The van der Waals surface area contributed by atoms with E-state index in [4.69, 9.17) is 0 Å². The van der Waals surface area contributed by atoms with Crippen molar-refractivity contribution in [2.45, 2.75) is 32.2 Å². The van der Waals surface area contributed by atoms with Crippen LogP contribution in [0.2, 0.25) is 0 Å². The fourth-order valence-electron chi connectivity index (χ4n) is 4.44. The molecule has 7 heteroatoms. The molecule has 0 radical (unpaired) electrons. The second-order valence-corrected chi connectivity index (χ2v) is 8.33. The maximum atomic E-state index is 14.2. The normalized spacial score (nSPS) is 16.6. The average Bonchev–Trinajstić information content (AvgIpc) is 3.18. The van der Waals surface area contributed by atoms with Crippen LogP contribution >= 0.6 is 0 Å². The van der Waals surface area contributed by atoms with Crippen molar-refractivity contribution in [2.24, 2.45) is 0 Å². The van der Waals surface area contributed by atoms with Crippen LogP contribution in [0.1, 0.15) is 51.2 Å². The highest BCUT2D eigenvalue weighted by Gasteiger charge is 2.32. The predicted molar refractivity (Wildman–Crippen MR) is 127 cm³/mol. The van der Waals surface area contributed by atoms with Crippen molar-refractivity contribution >= 4 is 17.5 Å². The Balaban J connectivity index is 1.44. The number of carbonyl (C=O) groups excluding carboxylic acids is 2. The van der Waals surface area contributed by atoms with E-state index in [9.17, 15) is 14.0 Å². The van der Waals surface area contributed by atoms with Crippen LogP contribution in [0.3, 0.4) is 0 Å². The molecule has 1 aliphatic rings. The highest BCUT2D eigenvalue weighted by atomic mass is 19.1. The van der Waals surface area contributed by atoms with Crippen LogP contribution in [0.25, 0.3) is 11.1 Å². The monoisotopic (exact) mass is 446 g/mol. The molecule has 0 saturated heterocycles. The Bertz CT molecular complexity index is 1210. The summed E-state index contributed by atoms with van der Waals surface area (Å²) in [6, 6.07) is 14.1. The molecule has 1 aliphatic heterocycles. The average molecular weight is 447 g/mol. The molecule has 33 heavy (non-hydrogen) atoms. The molecule has 2 unspecified atom stereocenters. The molecule has 2 aromatic carbocycles. The highest BCUT2D eigenvalue weighted by molar-refractivity contribution is 5.96. The zero-order valence-electron chi connectivity index (χ0n) is 18.9. The molecule has 3 aromatic rings. The number of aromatic nitrogens is 1. The SMILES string of the molecule is CNC(=O)c1cccc(-c2ccnc(C(=O)NCCC3c4c(C)ccc(F)c4NC3C)c2)c1. The zero-order chi connectivity index (χ0) is 23.5. The molecule has 4 rings (SSSR count). The summed E-state index contributed by atoms with van der Waals surface area (Å²) in [5.74, 6) is -0.566. The van der Waals surface area contributed by atoms with Crippen LogP contribution in [0.5, 0.6) is 0 Å². The Kier molecular flexibility index (Phi) is 6.40. The van der Waals surface area contributed by atoms with Gasteiger partial charge in [-0.25, -0.2) is 4.39 Å². The maximum Gasteiger partial charge on any atom is 0.269 e. The Morgan fingerprint density at radius 2 is 1.88 bits per heavy atom. The third-order valence-electron chi connectivity index (χ3n) is 6.18. The van der Waals surface area contributed by atoms with Crippen molar-refractivity contribution in [3.05, 3.63) is 82.9 Å². The molecule has 0 spiro atoms. The number of benzene rings is 2. The van der Waals surface area contributed by atoms with Gasteiger partial charge in [-0.2, -0.15) is 0 Å². The second kappa shape index (κ2) is 9.40. The van der Waals surface area contributed by atoms with Crippen LogP contribution in [-0.4, -0.2) is 36.4 Å².